The van der Waals surface area contributed by atoms with Crippen LogP contribution in [-0.2, 0) is 4.79 Å². The van der Waals surface area contributed by atoms with Crippen LogP contribution in [0.1, 0.15) is 71.1 Å². The van der Waals surface area contributed by atoms with Crippen molar-refractivity contribution in [1.29, 1.82) is 0 Å². The molecule has 0 atom stereocenters. The molecule has 0 aromatic heterocycles. The zero-order valence-corrected chi connectivity index (χ0v) is 12.9. The van der Waals surface area contributed by atoms with Gasteiger partial charge < -0.3 is 5.11 Å². The number of rotatable bonds is 13. The molecule has 1 N–H and O–H groups in total. The van der Waals surface area contributed by atoms with Gasteiger partial charge in [-0.3, -0.25) is 0 Å². The standard InChI is InChI=1S/C18H30O2/c1-2-3-4-5-6-7-8-9-10-11-12-13-14-15-16-17-18(19)20/h12-17H,2-11H2,1H3,(H,19,20)/b13-12-,15-14+,17-16?. The van der Waals surface area contributed by atoms with Crippen molar-refractivity contribution < 1.29 is 9.90 Å². The van der Waals surface area contributed by atoms with Crippen LogP contribution in [0.5, 0.6) is 0 Å². The molecule has 0 aliphatic heterocycles. The summed E-state index contributed by atoms with van der Waals surface area (Å²) in [6.07, 6.45) is 23.7. The minimum atomic E-state index is -0.909. The highest BCUT2D eigenvalue weighted by Crippen LogP contribution is 2.10. The van der Waals surface area contributed by atoms with Crippen LogP contribution in [0.2, 0.25) is 0 Å². The molecule has 0 saturated carbocycles. The maximum Gasteiger partial charge on any atom is 0.328 e. The summed E-state index contributed by atoms with van der Waals surface area (Å²) in [6.45, 7) is 2.26. The highest BCUT2D eigenvalue weighted by atomic mass is 16.4. The van der Waals surface area contributed by atoms with E-state index >= 15 is 0 Å². The number of carboxylic acids is 1. The molecule has 2 heteroatoms. The number of carbonyl (C=O) groups is 1. The third-order valence-corrected chi connectivity index (χ3v) is 3.18. The summed E-state index contributed by atoms with van der Waals surface area (Å²) in [5.41, 5.74) is 0. The summed E-state index contributed by atoms with van der Waals surface area (Å²) < 4.78 is 0. The topological polar surface area (TPSA) is 37.3 Å². The Hall–Kier alpha value is -1.31. The molecule has 0 unspecified atom stereocenters. The summed E-state index contributed by atoms with van der Waals surface area (Å²) in [6, 6.07) is 0. The van der Waals surface area contributed by atoms with Gasteiger partial charge in [0.15, 0.2) is 0 Å². The van der Waals surface area contributed by atoms with Crippen LogP contribution in [0.3, 0.4) is 0 Å². The van der Waals surface area contributed by atoms with Gasteiger partial charge in [-0.15, -0.1) is 0 Å². The number of hydrogen-bond acceptors (Lipinski definition) is 1. The van der Waals surface area contributed by atoms with Gasteiger partial charge in [0.25, 0.3) is 0 Å². The molecule has 0 rings (SSSR count). The number of hydrogen-bond donors (Lipinski definition) is 1. The molecule has 0 bridgehead atoms. The lowest BCUT2D eigenvalue weighted by Crippen LogP contribution is -1.84. The monoisotopic (exact) mass is 278 g/mol. The Balaban J connectivity index is 3.25. The Morgan fingerprint density at radius 1 is 0.800 bits per heavy atom. The van der Waals surface area contributed by atoms with Crippen LogP contribution in [-0.4, -0.2) is 11.1 Å². The fourth-order valence-electron chi connectivity index (χ4n) is 2.01. The van der Waals surface area contributed by atoms with Crippen LogP contribution >= 0.6 is 0 Å². The second kappa shape index (κ2) is 15.7. The molecular formula is C18H30O2. The van der Waals surface area contributed by atoms with Crippen LogP contribution in [0.15, 0.2) is 36.5 Å². The van der Waals surface area contributed by atoms with Gasteiger partial charge >= 0.3 is 5.97 Å². The summed E-state index contributed by atoms with van der Waals surface area (Å²) in [4.78, 5) is 10.2. The van der Waals surface area contributed by atoms with E-state index in [0.29, 0.717) is 0 Å². The van der Waals surface area contributed by atoms with Crippen molar-refractivity contribution in [3.8, 4) is 0 Å². The second-order valence-corrected chi connectivity index (χ2v) is 5.13. The summed E-state index contributed by atoms with van der Waals surface area (Å²) in [5.74, 6) is -0.909. The molecule has 0 amide bonds. The van der Waals surface area contributed by atoms with E-state index in [1.165, 1.54) is 63.9 Å². The number of allylic oxidation sites excluding steroid dienone is 5. The lowest BCUT2D eigenvalue weighted by molar-refractivity contribution is -0.131. The van der Waals surface area contributed by atoms with Crippen molar-refractivity contribution in [2.75, 3.05) is 0 Å². The van der Waals surface area contributed by atoms with E-state index in [9.17, 15) is 4.79 Å². The molecular weight excluding hydrogens is 248 g/mol. The zero-order valence-electron chi connectivity index (χ0n) is 12.9. The van der Waals surface area contributed by atoms with E-state index in [1.807, 2.05) is 12.2 Å². The Bertz CT molecular complexity index is 301. The average molecular weight is 278 g/mol. The maximum atomic E-state index is 10.2. The largest absolute Gasteiger partial charge is 0.478 e. The van der Waals surface area contributed by atoms with Crippen LogP contribution in [0.4, 0.5) is 0 Å². The van der Waals surface area contributed by atoms with Gasteiger partial charge in [0.05, 0.1) is 0 Å². The molecule has 0 aliphatic rings. The van der Waals surface area contributed by atoms with Crippen molar-refractivity contribution in [2.24, 2.45) is 0 Å². The fourth-order valence-corrected chi connectivity index (χ4v) is 2.01. The minimum Gasteiger partial charge on any atom is -0.478 e. The molecule has 20 heavy (non-hydrogen) atoms. The third-order valence-electron chi connectivity index (χ3n) is 3.18. The van der Waals surface area contributed by atoms with E-state index in [1.54, 1.807) is 6.08 Å². The zero-order chi connectivity index (χ0) is 14.9. The molecule has 0 aromatic rings. The predicted octanol–water partition coefficient (Wildman–Crippen LogP) is 5.66. The number of carboxylic acid groups (broad SMARTS) is 1. The molecule has 0 heterocycles. The van der Waals surface area contributed by atoms with Crippen molar-refractivity contribution >= 4 is 5.97 Å². The fraction of sp³-hybridized carbons (Fsp3) is 0.611. The van der Waals surface area contributed by atoms with E-state index in [4.69, 9.17) is 5.11 Å². The molecule has 114 valence electrons. The molecule has 0 aliphatic carbocycles. The Labute approximate surface area is 124 Å². The van der Waals surface area contributed by atoms with E-state index in [2.05, 4.69) is 13.0 Å². The van der Waals surface area contributed by atoms with E-state index in [-0.39, 0.29) is 0 Å². The molecule has 0 saturated heterocycles. The van der Waals surface area contributed by atoms with Gasteiger partial charge in [0.2, 0.25) is 0 Å². The molecule has 0 spiro atoms. The number of unbranched alkanes of at least 4 members (excludes halogenated alkanes) is 9. The Morgan fingerprint density at radius 2 is 1.35 bits per heavy atom. The van der Waals surface area contributed by atoms with E-state index < -0.39 is 5.97 Å². The SMILES string of the molecule is CCCCCCCCCCC/C=C\C=C\C=CC(=O)O. The van der Waals surface area contributed by atoms with Crippen LogP contribution in [0.25, 0.3) is 0 Å². The smallest absolute Gasteiger partial charge is 0.328 e. The van der Waals surface area contributed by atoms with Crippen molar-refractivity contribution in [3.63, 3.8) is 0 Å². The first kappa shape index (κ1) is 18.7. The van der Waals surface area contributed by atoms with Gasteiger partial charge in [-0.2, -0.15) is 0 Å². The third kappa shape index (κ3) is 16.7. The molecule has 0 fully saturated rings. The van der Waals surface area contributed by atoms with Gasteiger partial charge in [0.1, 0.15) is 0 Å². The van der Waals surface area contributed by atoms with Crippen LogP contribution in [0, 0.1) is 0 Å². The van der Waals surface area contributed by atoms with Gasteiger partial charge in [-0.1, -0.05) is 88.7 Å². The lowest BCUT2D eigenvalue weighted by Gasteiger charge is -2.00. The normalized spacial score (nSPS) is 12.1. The molecule has 0 aromatic carbocycles. The summed E-state index contributed by atoms with van der Waals surface area (Å²) in [5, 5.41) is 8.38. The van der Waals surface area contributed by atoms with Crippen molar-refractivity contribution in [3.05, 3.63) is 36.5 Å². The minimum absolute atomic E-state index is 0.909. The predicted molar refractivity (Wildman–Crippen MR) is 86.9 cm³/mol. The Kier molecular flexibility index (Phi) is 14.7. The van der Waals surface area contributed by atoms with E-state index in [0.717, 1.165) is 12.5 Å². The highest BCUT2D eigenvalue weighted by molar-refractivity contribution is 5.80. The molecule has 0 radical (unpaired) electrons. The summed E-state index contributed by atoms with van der Waals surface area (Å²) >= 11 is 0. The van der Waals surface area contributed by atoms with Crippen molar-refractivity contribution in [2.45, 2.75) is 71.1 Å². The lowest BCUT2D eigenvalue weighted by atomic mass is 10.1. The second-order valence-electron chi connectivity index (χ2n) is 5.13. The molecule has 2 nitrogen and oxygen atoms in total. The first-order valence-corrected chi connectivity index (χ1v) is 8.00. The van der Waals surface area contributed by atoms with Crippen LogP contribution < -0.4 is 0 Å². The quantitative estimate of drug-likeness (QED) is 0.268. The average Bonchev–Trinajstić information content (AvgIpc) is 2.43. The van der Waals surface area contributed by atoms with Crippen molar-refractivity contribution in [1.82, 2.24) is 0 Å². The Morgan fingerprint density at radius 3 is 1.95 bits per heavy atom. The highest BCUT2D eigenvalue weighted by Gasteiger charge is 1.90. The first-order chi connectivity index (χ1) is 9.77. The first-order valence-electron chi connectivity index (χ1n) is 8.00. The maximum absolute atomic E-state index is 10.2. The van der Waals surface area contributed by atoms with Gasteiger partial charge in [-0.05, 0) is 12.8 Å². The number of aliphatic carboxylic acids is 1. The van der Waals surface area contributed by atoms with Gasteiger partial charge in [-0.25, -0.2) is 4.79 Å². The summed E-state index contributed by atoms with van der Waals surface area (Å²) in [7, 11) is 0. The van der Waals surface area contributed by atoms with Gasteiger partial charge in [0, 0.05) is 6.08 Å².